The summed E-state index contributed by atoms with van der Waals surface area (Å²) < 4.78 is 0. The summed E-state index contributed by atoms with van der Waals surface area (Å²) in [6, 6.07) is 12.9. The molecule has 2 aromatic rings. The van der Waals surface area contributed by atoms with Gasteiger partial charge in [-0.15, -0.1) is 0 Å². The maximum Gasteiger partial charge on any atom is 0.323 e. The van der Waals surface area contributed by atoms with E-state index in [4.69, 9.17) is 0 Å². The molecule has 1 atom stereocenters. The molecular weight excluding hydrogens is 364 g/mol. The Morgan fingerprint density at radius 2 is 1.79 bits per heavy atom. The van der Waals surface area contributed by atoms with Gasteiger partial charge >= 0.3 is 6.03 Å². The average molecular weight is 395 g/mol. The number of amides is 3. The lowest BCUT2D eigenvalue weighted by Crippen LogP contribution is -2.33. The third-order valence-electron chi connectivity index (χ3n) is 5.33. The van der Waals surface area contributed by atoms with E-state index in [1.165, 1.54) is 0 Å². The first-order chi connectivity index (χ1) is 14.0. The fourth-order valence-electron chi connectivity index (χ4n) is 3.43. The second kappa shape index (κ2) is 9.45. The number of nitrogens with one attached hydrogen (secondary N) is 3. The molecule has 0 bridgehead atoms. The summed E-state index contributed by atoms with van der Waals surface area (Å²) in [5, 5.41) is 8.75. The smallest absolute Gasteiger partial charge is 0.323 e. The lowest BCUT2D eigenvalue weighted by atomic mass is 10.1. The van der Waals surface area contributed by atoms with Gasteiger partial charge in [-0.3, -0.25) is 4.79 Å². The largest absolute Gasteiger partial charge is 0.371 e. The highest BCUT2D eigenvalue weighted by Crippen LogP contribution is 2.28. The SMILES string of the molecule is CCC(C)NC(=O)c1cc(NC(=O)Nc2ccccc2C)ccc1N1CCCC1. The zero-order chi connectivity index (χ0) is 20.8. The van der Waals surface area contributed by atoms with Gasteiger partial charge in [-0.2, -0.15) is 0 Å². The van der Waals surface area contributed by atoms with Crippen LogP contribution in [0.25, 0.3) is 0 Å². The average Bonchev–Trinajstić information content (AvgIpc) is 3.24. The molecule has 0 radical (unpaired) electrons. The first-order valence-electron chi connectivity index (χ1n) is 10.3. The Morgan fingerprint density at radius 3 is 2.48 bits per heavy atom. The van der Waals surface area contributed by atoms with Crippen LogP contribution in [0.3, 0.4) is 0 Å². The molecule has 0 saturated carbocycles. The van der Waals surface area contributed by atoms with Crippen molar-refractivity contribution in [3.05, 3.63) is 53.6 Å². The highest BCUT2D eigenvalue weighted by molar-refractivity contribution is 6.04. The van der Waals surface area contributed by atoms with Gasteiger partial charge in [0, 0.05) is 36.2 Å². The number of aryl methyl sites for hydroxylation is 1. The molecule has 1 saturated heterocycles. The van der Waals surface area contributed by atoms with E-state index in [2.05, 4.69) is 20.9 Å². The van der Waals surface area contributed by atoms with Crippen molar-refractivity contribution in [3.8, 4) is 0 Å². The van der Waals surface area contributed by atoms with E-state index in [-0.39, 0.29) is 18.0 Å². The molecule has 1 heterocycles. The Hall–Kier alpha value is -3.02. The molecule has 3 rings (SSSR count). The van der Waals surface area contributed by atoms with E-state index in [0.29, 0.717) is 11.3 Å². The molecule has 6 heteroatoms. The maximum atomic E-state index is 12.9. The number of nitrogens with zero attached hydrogens (tertiary/aromatic N) is 1. The topological polar surface area (TPSA) is 73.5 Å². The summed E-state index contributed by atoms with van der Waals surface area (Å²) in [6.45, 7) is 7.87. The fourth-order valence-corrected chi connectivity index (χ4v) is 3.43. The number of urea groups is 1. The second-order valence-electron chi connectivity index (χ2n) is 7.60. The predicted molar refractivity (Wildman–Crippen MR) is 119 cm³/mol. The van der Waals surface area contributed by atoms with Crippen molar-refractivity contribution in [1.82, 2.24) is 5.32 Å². The van der Waals surface area contributed by atoms with Crippen LogP contribution in [0.2, 0.25) is 0 Å². The van der Waals surface area contributed by atoms with Gasteiger partial charge in [0.05, 0.1) is 5.56 Å². The van der Waals surface area contributed by atoms with E-state index >= 15 is 0 Å². The molecule has 1 aliphatic heterocycles. The standard InChI is InChI=1S/C23H30N4O2/c1-4-17(3)24-22(28)19-15-18(11-12-21(19)27-13-7-8-14-27)25-23(29)26-20-10-6-5-9-16(20)2/h5-6,9-12,15,17H,4,7-8,13-14H2,1-3H3,(H,24,28)(H2,25,26,29). The minimum Gasteiger partial charge on any atom is -0.371 e. The molecule has 2 aromatic carbocycles. The van der Waals surface area contributed by atoms with Gasteiger partial charge in [0.2, 0.25) is 0 Å². The third-order valence-corrected chi connectivity index (χ3v) is 5.33. The molecule has 3 amide bonds. The molecule has 0 aliphatic carbocycles. The number of carbonyl (C=O) groups is 2. The molecule has 0 spiro atoms. The minimum absolute atomic E-state index is 0.0925. The number of carbonyl (C=O) groups excluding carboxylic acids is 2. The molecular formula is C23H30N4O2. The number of anilines is 3. The van der Waals surface area contributed by atoms with Crippen molar-refractivity contribution in [2.75, 3.05) is 28.6 Å². The highest BCUT2D eigenvalue weighted by Gasteiger charge is 2.21. The lowest BCUT2D eigenvalue weighted by Gasteiger charge is -2.23. The molecule has 29 heavy (non-hydrogen) atoms. The highest BCUT2D eigenvalue weighted by atomic mass is 16.2. The van der Waals surface area contributed by atoms with Crippen LogP contribution in [0.5, 0.6) is 0 Å². The summed E-state index contributed by atoms with van der Waals surface area (Å²) in [5.74, 6) is -0.107. The summed E-state index contributed by atoms with van der Waals surface area (Å²) in [4.78, 5) is 27.6. The predicted octanol–water partition coefficient (Wildman–Crippen LogP) is 4.77. The van der Waals surface area contributed by atoms with Crippen molar-refractivity contribution in [2.24, 2.45) is 0 Å². The van der Waals surface area contributed by atoms with Crippen LogP contribution >= 0.6 is 0 Å². The van der Waals surface area contributed by atoms with Crippen molar-refractivity contribution in [3.63, 3.8) is 0 Å². The van der Waals surface area contributed by atoms with Crippen LogP contribution in [0.4, 0.5) is 21.9 Å². The van der Waals surface area contributed by atoms with Crippen molar-refractivity contribution in [2.45, 2.75) is 46.1 Å². The second-order valence-corrected chi connectivity index (χ2v) is 7.60. The van der Waals surface area contributed by atoms with Crippen molar-refractivity contribution < 1.29 is 9.59 Å². The van der Waals surface area contributed by atoms with Gasteiger partial charge in [0.1, 0.15) is 0 Å². The number of para-hydroxylation sites is 1. The van der Waals surface area contributed by atoms with Gasteiger partial charge in [0.15, 0.2) is 0 Å². The summed E-state index contributed by atoms with van der Waals surface area (Å²) in [5.41, 5.74) is 3.86. The van der Waals surface area contributed by atoms with Crippen LogP contribution in [0, 0.1) is 6.92 Å². The fraction of sp³-hybridized carbons (Fsp3) is 0.391. The number of hydrogen-bond acceptors (Lipinski definition) is 3. The van der Waals surface area contributed by atoms with E-state index < -0.39 is 0 Å². The first kappa shape index (κ1) is 20.7. The summed E-state index contributed by atoms with van der Waals surface area (Å²) in [7, 11) is 0. The molecule has 0 aromatic heterocycles. The third kappa shape index (κ3) is 5.28. The van der Waals surface area contributed by atoms with Gasteiger partial charge in [-0.05, 0) is 62.9 Å². The van der Waals surface area contributed by atoms with E-state index in [9.17, 15) is 9.59 Å². The van der Waals surface area contributed by atoms with Gasteiger partial charge in [-0.25, -0.2) is 4.79 Å². The van der Waals surface area contributed by atoms with Crippen LogP contribution in [0.15, 0.2) is 42.5 Å². The lowest BCUT2D eigenvalue weighted by molar-refractivity contribution is 0.0940. The zero-order valence-corrected chi connectivity index (χ0v) is 17.4. The van der Waals surface area contributed by atoms with Gasteiger partial charge in [0.25, 0.3) is 5.91 Å². The Labute approximate surface area is 172 Å². The van der Waals surface area contributed by atoms with Gasteiger partial charge in [-0.1, -0.05) is 25.1 Å². The molecule has 1 unspecified atom stereocenters. The summed E-state index contributed by atoms with van der Waals surface area (Å²) in [6.07, 6.45) is 3.12. The molecule has 3 N–H and O–H groups in total. The van der Waals surface area contributed by atoms with E-state index in [0.717, 1.165) is 49.3 Å². The number of benzene rings is 2. The maximum absolute atomic E-state index is 12.9. The monoisotopic (exact) mass is 394 g/mol. The first-order valence-corrected chi connectivity index (χ1v) is 10.3. The molecule has 154 valence electrons. The van der Waals surface area contributed by atoms with Crippen molar-refractivity contribution >= 4 is 29.0 Å². The zero-order valence-electron chi connectivity index (χ0n) is 17.4. The Morgan fingerprint density at radius 1 is 1.07 bits per heavy atom. The van der Waals surface area contributed by atoms with Crippen LogP contribution in [-0.4, -0.2) is 31.1 Å². The van der Waals surface area contributed by atoms with Crippen LogP contribution in [-0.2, 0) is 0 Å². The molecule has 6 nitrogen and oxygen atoms in total. The number of rotatable bonds is 6. The Bertz CT molecular complexity index is 875. The van der Waals surface area contributed by atoms with Crippen LogP contribution < -0.4 is 20.9 Å². The quantitative estimate of drug-likeness (QED) is 0.661. The summed E-state index contributed by atoms with van der Waals surface area (Å²) >= 11 is 0. The minimum atomic E-state index is -0.332. The van der Waals surface area contributed by atoms with Crippen LogP contribution in [0.1, 0.15) is 49.0 Å². The normalized spacial score (nSPS) is 14.4. The van der Waals surface area contributed by atoms with Gasteiger partial charge < -0.3 is 20.9 Å². The van der Waals surface area contributed by atoms with Crippen molar-refractivity contribution in [1.29, 1.82) is 0 Å². The Balaban J connectivity index is 1.80. The van der Waals surface area contributed by atoms with E-state index in [1.54, 1.807) is 6.07 Å². The number of hydrogen-bond donors (Lipinski definition) is 3. The molecule has 1 fully saturated rings. The van der Waals surface area contributed by atoms with E-state index in [1.807, 2.05) is 57.2 Å². The molecule has 1 aliphatic rings. The Kier molecular flexibility index (Phi) is 6.75.